The number of hydrogen-bond acceptors (Lipinski definition) is 4. The summed E-state index contributed by atoms with van der Waals surface area (Å²) in [4.78, 5) is 14.3. The molecule has 4 nitrogen and oxygen atoms in total. The first-order valence-corrected chi connectivity index (χ1v) is 9.67. The van der Waals surface area contributed by atoms with Crippen LogP contribution in [0.4, 0.5) is 11.6 Å². The zero-order valence-electron chi connectivity index (χ0n) is 15.2. The van der Waals surface area contributed by atoms with Crippen LogP contribution < -0.4 is 9.80 Å². The fraction of sp³-hybridized carbons (Fsp3) is 0.524. The Kier molecular flexibility index (Phi) is 4.86. The highest BCUT2D eigenvalue weighted by atomic mass is 15.2. The van der Waals surface area contributed by atoms with Gasteiger partial charge in [0.15, 0.2) is 0 Å². The summed E-state index contributed by atoms with van der Waals surface area (Å²) < 4.78 is 0. The van der Waals surface area contributed by atoms with Crippen molar-refractivity contribution < 1.29 is 0 Å². The summed E-state index contributed by atoms with van der Waals surface area (Å²) in [5, 5.41) is 0. The number of hydrogen-bond donors (Lipinski definition) is 0. The van der Waals surface area contributed by atoms with Gasteiger partial charge in [-0.3, -0.25) is 0 Å². The first-order valence-electron chi connectivity index (χ1n) is 9.67. The van der Waals surface area contributed by atoms with E-state index in [1.807, 2.05) is 6.92 Å². The molecule has 25 heavy (non-hydrogen) atoms. The summed E-state index contributed by atoms with van der Waals surface area (Å²) in [6.07, 6.45) is 6.26. The van der Waals surface area contributed by atoms with Gasteiger partial charge in [0.25, 0.3) is 0 Å². The smallest absolute Gasteiger partial charge is 0.134 e. The Morgan fingerprint density at radius 2 is 1.48 bits per heavy atom. The Morgan fingerprint density at radius 3 is 2.12 bits per heavy atom. The van der Waals surface area contributed by atoms with Crippen LogP contribution in [0, 0.1) is 12.8 Å². The van der Waals surface area contributed by atoms with Gasteiger partial charge in [-0.1, -0.05) is 30.3 Å². The van der Waals surface area contributed by atoms with Crippen LogP contribution in [0.5, 0.6) is 0 Å². The van der Waals surface area contributed by atoms with Gasteiger partial charge in [0.2, 0.25) is 0 Å². The Hall–Kier alpha value is -2.10. The van der Waals surface area contributed by atoms with Crippen molar-refractivity contribution in [2.24, 2.45) is 5.92 Å². The standard InChI is InChI=1S/C21H28N4/c1-17-22-20(24-11-5-6-12-24)16-21(23-17)25-13-9-19(10-14-25)15-18-7-3-2-4-8-18/h2-4,7-8,16,19H,5-6,9-15H2,1H3. The van der Waals surface area contributed by atoms with E-state index in [0.717, 1.165) is 49.6 Å². The Morgan fingerprint density at radius 1 is 0.880 bits per heavy atom. The number of nitrogens with zero attached hydrogens (tertiary/aromatic N) is 4. The molecule has 3 heterocycles. The second kappa shape index (κ2) is 7.42. The van der Waals surface area contributed by atoms with Gasteiger partial charge in [-0.2, -0.15) is 0 Å². The summed E-state index contributed by atoms with van der Waals surface area (Å²) in [5.41, 5.74) is 1.47. The van der Waals surface area contributed by atoms with E-state index >= 15 is 0 Å². The topological polar surface area (TPSA) is 32.3 Å². The van der Waals surface area contributed by atoms with Crippen molar-refractivity contribution >= 4 is 11.6 Å². The SMILES string of the molecule is Cc1nc(N2CCCC2)cc(N2CCC(Cc3ccccc3)CC2)n1. The average molecular weight is 336 g/mol. The van der Waals surface area contributed by atoms with Crippen LogP contribution in [0.2, 0.25) is 0 Å². The van der Waals surface area contributed by atoms with E-state index in [2.05, 4.69) is 51.2 Å². The first-order chi connectivity index (χ1) is 12.3. The lowest BCUT2D eigenvalue weighted by Crippen LogP contribution is -2.35. The van der Waals surface area contributed by atoms with Gasteiger partial charge in [-0.25, -0.2) is 9.97 Å². The van der Waals surface area contributed by atoms with E-state index in [0.29, 0.717) is 0 Å². The molecule has 2 aromatic rings. The minimum atomic E-state index is 0.791. The summed E-state index contributed by atoms with van der Waals surface area (Å²) in [5.74, 6) is 3.92. The number of rotatable bonds is 4. The molecule has 0 unspecified atom stereocenters. The van der Waals surface area contributed by atoms with Crippen LogP contribution in [-0.2, 0) is 6.42 Å². The van der Waals surface area contributed by atoms with E-state index in [9.17, 15) is 0 Å². The van der Waals surface area contributed by atoms with E-state index in [-0.39, 0.29) is 0 Å². The number of aryl methyl sites for hydroxylation is 1. The molecule has 2 fully saturated rings. The van der Waals surface area contributed by atoms with Crippen LogP contribution in [0.1, 0.15) is 37.1 Å². The molecule has 0 amide bonds. The maximum Gasteiger partial charge on any atom is 0.134 e. The largest absolute Gasteiger partial charge is 0.356 e. The first kappa shape index (κ1) is 16.4. The predicted molar refractivity (Wildman–Crippen MR) is 103 cm³/mol. The van der Waals surface area contributed by atoms with Crippen molar-refractivity contribution in [1.29, 1.82) is 0 Å². The Labute approximate surface area is 150 Å². The maximum atomic E-state index is 4.73. The molecule has 2 aliphatic rings. The van der Waals surface area contributed by atoms with E-state index in [1.54, 1.807) is 0 Å². The molecule has 0 radical (unpaired) electrons. The molecule has 0 aliphatic carbocycles. The number of benzene rings is 1. The summed E-state index contributed by atoms with van der Waals surface area (Å²) in [6, 6.07) is 13.1. The van der Waals surface area contributed by atoms with Crippen LogP contribution in [0.15, 0.2) is 36.4 Å². The zero-order chi connectivity index (χ0) is 17.1. The summed E-state index contributed by atoms with van der Waals surface area (Å²) in [7, 11) is 0. The Balaban J connectivity index is 1.40. The molecule has 2 saturated heterocycles. The van der Waals surface area contributed by atoms with Gasteiger partial charge in [0.1, 0.15) is 17.5 Å². The van der Waals surface area contributed by atoms with Crippen molar-refractivity contribution in [1.82, 2.24) is 9.97 Å². The monoisotopic (exact) mass is 336 g/mol. The molecule has 0 saturated carbocycles. The van der Waals surface area contributed by atoms with Crippen LogP contribution in [-0.4, -0.2) is 36.1 Å². The molecule has 4 rings (SSSR count). The number of piperidine rings is 1. The average Bonchev–Trinajstić information content (AvgIpc) is 3.17. The van der Waals surface area contributed by atoms with E-state index < -0.39 is 0 Å². The number of anilines is 2. The van der Waals surface area contributed by atoms with Gasteiger partial charge < -0.3 is 9.80 Å². The predicted octanol–water partition coefficient (Wildman–Crippen LogP) is 3.84. The van der Waals surface area contributed by atoms with Gasteiger partial charge in [0.05, 0.1) is 0 Å². The molecule has 4 heteroatoms. The van der Waals surface area contributed by atoms with Crippen molar-refractivity contribution in [3.8, 4) is 0 Å². The van der Waals surface area contributed by atoms with Gasteiger partial charge in [-0.15, -0.1) is 0 Å². The fourth-order valence-electron chi connectivity index (χ4n) is 4.12. The van der Waals surface area contributed by atoms with E-state index in [4.69, 9.17) is 4.98 Å². The van der Waals surface area contributed by atoms with Gasteiger partial charge >= 0.3 is 0 Å². The molecule has 0 N–H and O–H groups in total. The highest BCUT2D eigenvalue weighted by molar-refractivity contribution is 5.51. The molecule has 1 aromatic carbocycles. The van der Waals surface area contributed by atoms with Crippen LogP contribution in [0.25, 0.3) is 0 Å². The molecule has 0 bridgehead atoms. The minimum absolute atomic E-state index is 0.791. The van der Waals surface area contributed by atoms with Gasteiger partial charge in [0, 0.05) is 32.2 Å². The molecular weight excluding hydrogens is 308 g/mol. The lowest BCUT2D eigenvalue weighted by molar-refractivity contribution is 0.402. The quantitative estimate of drug-likeness (QED) is 0.849. The normalized spacial score (nSPS) is 18.8. The van der Waals surface area contributed by atoms with Crippen LogP contribution >= 0.6 is 0 Å². The van der Waals surface area contributed by atoms with Crippen molar-refractivity contribution in [2.45, 2.75) is 39.0 Å². The second-order valence-corrected chi connectivity index (χ2v) is 7.45. The molecule has 1 aromatic heterocycles. The summed E-state index contributed by atoms with van der Waals surface area (Å²) in [6.45, 7) is 6.50. The van der Waals surface area contributed by atoms with Crippen molar-refractivity contribution in [3.63, 3.8) is 0 Å². The minimum Gasteiger partial charge on any atom is -0.356 e. The van der Waals surface area contributed by atoms with Crippen molar-refractivity contribution in [3.05, 3.63) is 47.8 Å². The van der Waals surface area contributed by atoms with E-state index in [1.165, 1.54) is 37.7 Å². The lowest BCUT2D eigenvalue weighted by atomic mass is 9.90. The molecule has 0 spiro atoms. The maximum absolute atomic E-state index is 4.73. The number of aromatic nitrogens is 2. The molecule has 2 aliphatic heterocycles. The molecule has 0 atom stereocenters. The summed E-state index contributed by atoms with van der Waals surface area (Å²) >= 11 is 0. The lowest BCUT2D eigenvalue weighted by Gasteiger charge is -2.33. The second-order valence-electron chi connectivity index (χ2n) is 7.45. The third-order valence-electron chi connectivity index (χ3n) is 5.55. The van der Waals surface area contributed by atoms with Crippen molar-refractivity contribution in [2.75, 3.05) is 36.0 Å². The fourth-order valence-corrected chi connectivity index (χ4v) is 4.12. The molecular formula is C21H28N4. The third-order valence-corrected chi connectivity index (χ3v) is 5.55. The van der Waals surface area contributed by atoms with Crippen LogP contribution in [0.3, 0.4) is 0 Å². The third kappa shape index (κ3) is 3.94. The Bertz CT molecular complexity index is 686. The highest BCUT2D eigenvalue weighted by Crippen LogP contribution is 2.27. The van der Waals surface area contributed by atoms with Gasteiger partial charge in [-0.05, 0) is 50.5 Å². The molecule has 132 valence electrons. The highest BCUT2D eigenvalue weighted by Gasteiger charge is 2.22. The zero-order valence-corrected chi connectivity index (χ0v) is 15.2.